The van der Waals surface area contributed by atoms with Crippen LogP contribution in [0.3, 0.4) is 0 Å². The van der Waals surface area contributed by atoms with Crippen molar-refractivity contribution >= 4 is 11.4 Å². The molecule has 5 nitrogen and oxygen atoms in total. The van der Waals surface area contributed by atoms with Crippen molar-refractivity contribution in [1.29, 1.82) is 0 Å². The van der Waals surface area contributed by atoms with Gasteiger partial charge in [-0.3, -0.25) is 0 Å². The third kappa shape index (κ3) is 7.45. The summed E-state index contributed by atoms with van der Waals surface area (Å²) in [5.41, 5.74) is 5.53. The van der Waals surface area contributed by atoms with Gasteiger partial charge in [0.25, 0.3) is 0 Å². The Kier molecular flexibility index (Phi) is 8.47. The third-order valence-corrected chi connectivity index (χ3v) is 5.21. The molecule has 0 spiro atoms. The molecule has 1 heterocycles. The van der Waals surface area contributed by atoms with Gasteiger partial charge in [0.1, 0.15) is 0 Å². The molecule has 5 heteroatoms. The number of nitrogens with zero attached hydrogens (tertiary/aromatic N) is 5. The molecule has 0 saturated carbocycles. The summed E-state index contributed by atoms with van der Waals surface area (Å²) in [6.45, 7) is 10.2. The lowest BCUT2D eigenvalue weighted by atomic mass is 10.1. The molecule has 0 bridgehead atoms. The lowest BCUT2D eigenvalue weighted by molar-refractivity contribution is 0.578. The zero-order valence-corrected chi connectivity index (χ0v) is 18.5. The molecular weight excluding hydrogens is 382 g/mol. The van der Waals surface area contributed by atoms with Crippen molar-refractivity contribution in [3.05, 3.63) is 96.0 Å². The van der Waals surface area contributed by atoms with Gasteiger partial charge in [-0.15, -0.1) is 0 Å². The minimum atomic E-state index is 0.608. The van der Waals surface area contributed by atoms with Crippen molar-refractivity contribution in [2.24, 2.45) is 20.5 Å². The summed E-state index contributed by atoms with van der Waals surface area (Å²) in [6, 6.07) is 8.34. The number of allylic oxidation sites excluding steroid dienone is 8. The van der Waals surface area contributed by atoms with Gasteiger partial charge >= 0.3 is 0 Å². The van der Waals surface area contributed by atoms with Crippen molar-refractivity contribution in [2.45, 2.75) is 39.5 Å². The summed E-state index contributed by atoms with van der Waals surface area (Å²) in [5.74, 6) is 0. The maximum Gasteiger partial charge on any atom is 0.0858 e. The van der Waals surface area contributed by atoms with Gasteiger partial charge in [0.05, 0.1) is 22.8 Å². The fraction of sp³-hybridized carbons (Fsp3) is 0.308. The van der Waals surface area contributed by atoms with Gasteiger partial charge in [0.2, 0.25) is 0 Å². The number of hydrogen-bond acceptors (Lipinski definition) is 5. The monoisotopic (exact) mass is 413 g/mol. The summed E-state index contributed by atoms with van der Waals surface area (Å²) in [4.78, 5) is 2.44. The van der Waals surface area contributed by atoms with E-state index in [1.807, 2.05) is 68.5 Å². The number of benzene rings is 1. The smallest absolute Gasteiger partial charge is 0.0858 e. The van der Waals surface area contributed by atoms with Crippen molar-refractivity contribution in [2.75, 3.05) is 18.0 Å². The summed E-state index contributed by atoms with van der Waals surface area (Å²) in [6.07, 6.45) is 18.2. The quantitative estimate of drug-likeness (QED) is 0.330. The van der Waals surface area contributed by atoms with E-state index >= 15 is 0 Å². The maximum atomic E-state index is 4.41. The second-order valence-electron chi connectivity index (χ2n) is 7.68. The number of hydrogen-bond donors (Lipinski definition) is 0. The van der Waals surface area contributed by atoms with Crippen molar-refractivity contribution in [3.8, 4) is 0 Å². The fourth-order valence-electron chi connectivity index (χ4n) is 3.23. The normalized spacial score (nSPS) is 18.0. The van der Waals surface area contributed by atoms with E-state index in [0.29, 0.717) is 12.1 Å². The van der Waals surface area contributed by atoms with Crippen LogP contribution in [-0.2, 0) is 0 Å². The molecule has 1 aliphatic carbocycles. The molecule has 3 rings (SSSR count). The van der Waals surface area contributed by atoms with E-state index in [4.69, 9.17) is 0 Å². The minimum absolute atomic E-state index is 0.608. The average Bonchev–Trinajstić information content (AvgIpc) is 3.06. The van der Waals surface area contributed by atoms with E-state index in [9.17, 15) is 0 Å². The van der Waals surface area contributed by atoms with Crippen LogP contribution >= 0.6 is 0 Å². The Hall–Kier alpha value is -3.34. The summed E-state index contributed by atoms with van der Waals surface area (Å²) in [5, 5.41) is 17.2. The standard InChI is InChI=1S/C26H31N5/c1-4-21(2)11-12-22(3)27-28-23-9-8-10-24(14-13-23)29-30-25-15-17-26(18-16-25)31-19-6-5-7-20-31/h4,8-9,11-18H,3,5-7,10,19-20H2,1-2H3/b12-11-,21-4-,28-27?,30-29-. The Balaban J connectivity index is 1.59. The lowest BCUT2D eigenvalue weighted by Gasteiger charge is -2.28. The predicted molar refractivity (Wildman–Crippen MR) is 130 cm³/mol. The summed E-state index contributed by atoms with van der Waals surface area (Å²) in [7, 11) is 0. The first-order chi connectivity index (χ1) is 15.1. The van der Waals surface area contributed by atoms with E-state index in [1.165, 1.54) is 24.9 Å². The highest BCUT2D eigenvalue weighted by atomic mass is 15.1. The Bertz CT molecular complexity index is 966. The third-order valence-electron chi connectivity index (χ3n) is 5.21. The Morgan fingerprint density at radius 1 is 0.968 bits per heavy atom. The zero-order valence-electron chi connectivity index (χ0n) is 18.5. The zero-order chi connectivity index (χ0) is 21.9. The molecule has 1 aliphatic heterocycles. The predicted octanol–water partition coefficient (Wildman–Crippen LogP) is 7.98. The number of anilines is 1. The van der Waals surface area contributed by atoms with E-state index in [-0.39, 0.29) is 0 Å². The molecular formula is C26H31N5. The van der Waals surface area contributed by atoms with Crippen LogP contribution in [0.2, 0.25) is 0 Å². The van der Waals surface area contributed by atoms with Gasteiger partial charge in [0, 0.05) is 25.2 Å². The molecule has 0 radical (unpaired) electrons. The highest BCUT2D eigenvalue weighted by molar-refractivity contribution is 5.52. The first kappa shape index (κ1) is 22.3. The topological polar surface area (TPSA) is 52.7 Å². The lowest BCUT2D eigenvalue weighted by Crippen LogP contribution is -2.29. The largest absolute Gasteiger partial charge is 0.372 e. The Morgan fingerprint density at radius 2 is 1.74 bits per heavy atom. The van der Waals surface area contributed by atoms with Gasteiger partial charge in [0.15, 0.2) is 0 Å². The molecule has 1 aromatic carbocycles. The SMILES string of the molecule is C=C(/C=C\C(C)=C/C)N=NC1=CC=C(/N=N\c2ccc(N3CCCCC3)cc2)CC=C1. The van der Waals surface area contributed by atoms with Gasteiger partial charge in [-0.05, 0) is 81.7 Å². The van der Waals surface area contributed by atoms with E-state index < -0.39 is 0 Å². The van der Waals surface area contributed by atoms with Crippen LogP contribution < -0.4 is 4.90 Å². The van der Waals surface area contributed by atoms with Gasteiger partial charge in [-0.2, -0.15) is 20.5 Å². The molecule has 2 aliphatic rings. The maximum absolute atomic E-state index is 4.41. The average molecular weight is 414 g/mol. The molecule has 1 saturated heterocycles. The minimum Gasteiger partial charge on any atom is -0.372 e. The molecule has 0 unspecified atom stereocenters. The van der Waals surface area contributed by atoms with Crippen LogP contribution in [0.5, 0.6) is 0 Å². The molecule has 31 heavy (non-hydrogen) atoms. The second kappa shape index (κ2) is 11.7. The molecule has 0 aromatic heterocycles. The van der Waals surface area contributed by atoms with E-state index in [2.05, 4.69) is 44.1 Å². The van der Waals surface area contributed by atoms with Gasteiger partial charge in [-0.1, -0.05) is 30.4 Å². The van der Waals surface area contributed by atoms with Crippen LogP contribution in [-0.4, -0.2) is 13.1 Å². The van der Waals surface area contributed by atoms with E-state index in [1.54, 1.807) is 0 Å². The number of rotatable bonds is 7. The van der Waals surface area contributed by atoms with Crippen molar-refractivity contribution < 1.29 is 0 Å². The van der Waals surface area contributed by atoms with Crippen LogP contribution in [0.1, 0.15) is 39.5 Å². The summed E-state index contributed by atoms with van der Waals surface area (Å²) < 4.78 is 0. The van der Waals surface area contributed by atoms with Crippen LogP contribution in [0.4, 0.5) is 11.4 Å². The molecule has 1 aromatic rings. The first-order valence-corrected chi connectivity index (χ1v) is 10.9. The fourth-order valence-corrected chi connectivity index (χ4v) is 3.23. The van der Waals surface area contributed by atoms with Crippen LogP contribution in [0.15, 0.2) is 116 Å². The van der Waals surface area contributed by atoms with Crippen molar-refractivity contribution in [1.82, 2.24) is 0 Å². The first-order valence-electron chi connectivity index (χ1n) is 10.9. The molecule has 160 valence electrons. The second-order valence-corrected chi connectivity index (χ2v) is 7.68. The molecule has 0 N–H and O–H groups in total. The molecule has 0 atom stereocenters. The Labute approximate surface area is 185 Å². The molecule has 0 amide bonds. The summed E-state index contributed by atoms with van der Waals surface area (Å²) >= 11 is 0. The van der Waals surface area contributed by atoms with Crippen LogP contribution in [0.25, 0.3) is 0 Å². The number of azo groups is 2. The van der Waals surface area contributed by atoms with E-state index in [0.717, 1.165) is 35.7 Å². The molecule has 1 fully saturated rings. The van der Waals surface area contributed by atoms with Gasteiger partial charge < -0.3 is 4.90 Å². The number of piperidine rings is 1. The van der Waals surface area contributed by atoms with Crippen LogP contribution in [0, 0.1) is 0 Å². The van der Waals surface area contributed by atoms with Gasteiger partial charge in [-0.25, -0.2) is 0 Å². The van der Waals surface area contributed by atoms with Crippen molar-refractivity contribution in [3.63, 3.8) is 0 Å². The Morgan fingerprint density at radius 3 is 2.48 bits per heavy atom. The highest BCUT2D eigenvalue weighted by Gasteiger charge is 2.10. The highest BCUT2D eigenvalue weighted by Crippen LogP contribution is 2.24.